The first-order valence-electron chi connectivity index (χ1n) is 8.38. The Bertz CT molecular complexity index is 711. The molecule has 4 rings (SSSR count). The van der Waals surface area contributed by atoms with Crippen molar-refractivity contribution in [2.24, 2.45) is 0 Å². The maximum atomic E-state index is 5.50. The standard InChI is InChI=1S/C18H22N4O2/c1-13-10-19-18(20-11-13)22-7-5-21(6-8-22)14(2)15-3-4-16-17(9-15)24-12-23-16/h3-4,9-11,14H,5-8,12H2,1-2H3/t14-/m0/s1. The van der Waals surface area contributed by atoms with E-state index in [4.69, 9.17) is 9.47 Å². The molecule has 2 aromatic rings. The number of hydrogen-bond acceptors (Lipinski definition) is 6. The van der Waals surface area contributed by atoms with Crippen LogP contribution in [-0.2, 0) is 0 Å². The molecule has 2 aliphatic heterocycles. The minimum atomic E-state index is 0.322. The van der Waals surface area contributed by atoms with Crippen LogP contribution < -0.4 is 14.4 Å². The summed E-state index contributed by atoms with van der Waals surface area (Å²) >= 11 is 0. The van der Waals surface area contributed by atoms with Crippen molar-refractivity contribution in [1.29, 1.82) is 0 Å². The van der Waals surface area contributed by atoms with E-state index in [1.54, 1.807) is 0 Å². The highest BCUT2D eigenvalue weighted by Crippen LogP contribution is 2.35. The summed E-state index contributed by atoms with van der Waals surface area (Å²) in [5, 5.41) is 0. The third-order valence-electron chi connectivity index (χ3n) is 4.79. The number of hydrogen-bond donors (Lipinski definition) is 0. The summed E-state index contributed by atoms with van der Waals surface area (Å²) < 4.78 is 10.9. The van der Waals surface area contributed by atoms with Crippen LogP contribution in [0.15, 0.2) is 30.6 Å². The van der Waals surface area contributed by atoms with Gasteiger partial charge in [0.05, 0.1) is 0 Å². The Morgan fingerprint density at radius 3 is 2.46 bits per heavy atom. The van der Waals surface area contributed by atoms with Gasteiger partial charge in [-0.15, -0.1) is 0 Å². The van der Waals surface area contributed by atoms with Crippen LogP contribution in [0.2, 0.25) is 0 Å². The van der Waals surface area contributed by atoms with Crippen molar-refractivity contribution in [1.82, 2.24) is 14.9 Å². The molecule has 0 amide bonds. The Hall–Kier alpha value is -2.34. The normalized spacial score (nSPS) is 18.7. The summed E-state index contributed by atoms with van der Waals surface area (Å²) in [6.07, 6.45) is 3.76. The number of ether oxygens (including phenoxy) is 2. The predicted molar refractivity (Wildman–Crippen MR) is 91.5 cm³/mol. The van der Waals surface area contributed by atoms with Gasteiger partial charge in [-0.2, -0.15) is 0 Å². The Labute approximate surface area is 142 Å². The lowest BCUT2D eigenvalue weighted by atomic mass is 10.1. The molecule has 0 N–H and O–H groups in total. The summed E-state index contributed by atoms with van der Waals surface area (Å²) in [5.41, 5.74) is 2.35. The third kappa shape index (κ3) is 2.89. The molecule has 1 fully saturated rings. The van der Waals surface area contributed by atoms with E-state index in [0.29, 0.717) is 12.8 Å². The second-order valence-corrected chi connectivity index (χ2v) is 6.37. The number of aryl methyl sites for hydroxylation is 1. The van der Waals surface area contributed by atoms with Crippen molar-refractivity contribution in [2.45, 2.75) is 19.9 Å². The molecule has 24 heavy (non-hydrogen) atoms. The average Bonchev–Trinajstić information content (AvgIpc) is 3.09. The van der Waals surface area contributed by atoms with Gasteiger partial charge < -0.3 is 14.4 Å². The summed E-state index contributed by atoms with van der Waals surface area (Å²) in [7, 11) is 0. The number of piperazine rings is 1. The van der Waals surface area contributed by atoms with Crippen LogP contribution in [0, 0.1) is 6.92 Å². The van der Waals surface area contributed by atoms with Crippen molar-refractivity contribution in [3.63, 3.8) is 0 Å². The average molecular weight is 326 g/mol. The van der Waals surface area contributed by atoms with Crippen LogP contribution in [0.5, 0.6) is 11.5 Å². The first-order valence-corrected chi connectivity index (χ1v) is 8.38. The summed E-state index contributed by atoms with van der Waals surface area (Å²) in [6, 6.07) is 6.58. The fraction of sp³-hybridized carbons (Fsp3) is 0.444. The SMILES string of the molecule is Cc1cnc(N2CCN([C@@H](C)c3ccc4c(c3)OCO4)CC2)nc1. The van der Waals surface area contributed by atoms with Gasteiger partial charge in [-0.1, -0.05) is 6.07 Å². The number of rotatable bonds is 3. The van der Waals surface area contributed by atoms with Crippen LogP contribution in [0.3, 0.4) is 0 Å². The number of anilines is 1. The van der Waals surface area contributed by atoms with E-state index in [2.05, 4.69) is 38.8 Å². The third-order valence-corrected chi connectivity index (χ3v) is 4.79. The molecule has 126 valence electrons. The van der Waals surface area contributed by atoms with Gasteiger partial charge in [0, 0.05) is 44.6 Å². The highest BCUT2D eigenvalue weighted by molar-refractivity contribution is 5.45. The first kappa shape index (κ1) is 15.2. The Kier molecular flexibility index (Phi) is 3.98. The minimum absolute atomic E-state index is 0.322. The quantitative estimate of drug-likeness (QED) is 0.863. The van der Waals surface area contributed by atoms with Crippen LogP contribution in [0.25, 0.3) is 0 Å². The van der Waals surface area contributed by atoms with Gasteiger partial charge in [0.2, 0.25) is 12.7 Å². The second kappa shape index (κ2) is 6.28. The van der Waals surface area contributed by atoms with E-state index < -0.39 is 0 Å². The number of nitrogens with zero attached hydrogens (tertiary/aromatic N) is 4. The van der Waals surface area contributed by atoms with Crippen molar-refractivity contribution < 1.29 is 9.47 Å². The Morgan fingerprint density at radius 1 is 1.00 bits per heavy atom. The lowest BCUT2D eigenvalue weighted by molar-refractivity contribution is 0.173. The summed E-state index contributed by atoms with van der Waals surface area (Å²) in [4.78, 5) is 13.6. The molecule has 1 saturated heterocycles. The van der Waals surface area contributed by atoms with Gasteiger partial charge in [0.1, 0.15) is 0 Å². The van der Waals surface area contributed by atoms with Gasteiger partial charge in [0.15, 0.2) is 11.5 Å². The van der Waals surface area contributed by atoms with E-state index in [1.807, 2.05) is 25.4 Å². The zero-order valence-electron chi connectivity index (χ0n) is 14.1. The van der Waals surface area contributed by atoms with Gasteiger partial charge in [-0.3, -0.25) is 4.90 Å². The number of benzene rings is 1. The Balaban J connectivity index is 1.41. The molecule has 0 spiro atoms. The minimum Gasteiger partial charge on any atom is -0.454 e. The van der Waals surface area contributed by atoms with Gasteiger partial charge in [-0.25, -0.2) is 9.97 Å². The van der Waals surface area contributed by atoms with Crippen LogP contribution in [0.4, 0.5) is 5.95 Å². The van der Waals surface area contributed by atoms with Crippen molar-refractivity contribution >= 4 is 5.95 Å². The van der Waals surface area contributed by atoms with Gasteiger partial charge >= 0.3 is 0 Å². The molecule has 0 aliphatic carbocycles. The lowest BCUT2D eigenvalue weighted by Crippen LogP contribution is -2.47. The van der Waals surface area contributed by atoms with Crippen LogP contribution in [0.1, 0.15) is 24.1 Å². The molecule has 0 radical (unpaired) electrons. The molecule has 6 nitrogen and oxygen atoms in total. The molecule has 3 heterocycles. The smallest absolute Gasteiger partial charge is 0.231 e. The molecule has 0 unspecified atom stereocenters. The molecule has 1 aromatic carbocycles. The summed E-state index contributed by atoms with van der Waals surface area (Å²) in [5.74, 6) is 2.52. The molecule has 6 heteroatoms. The monoisotopic (exact) mass is 326 g/mol. The van der Waals surface area contributed by atoms with Crippen LogP contribution >= 0.6 is 0 Å². The molecule has 1 atom stereocenters. The van der Waals surface area contributed by atoms with E-state index in [9.17, 15) is 0 Å². The maximum absolute atomic E-state index is 5.50. The maximum Gasteiger partial charge on any atom is 0.231 e. The molecule has 0 bridgehead atoms. The van der Waals surface area contributed by atoms with Gasteiger partial charge in [0.25, 0.3) is 0 Å². The lowest BCUT2D eigenvalue weighted by Gasteiger charge is -2.38. The number of fused-ring (bicyclic) bond motifs is 1. The fourth-order valence-corrected chi connectivity index (χ4v) is 3.24. The number of aromatic nitrogens is 2. The van der Waals surface area contributed by atoms with E-state index >= 15 is 0 Å². The molecule has 0 saturated carbocycles. The first-order chi connectivity index (χ1) is 11.7. The van der Waals surface area contributed by atoms with Crippen molar-refractivity contribution in [3.05, 3.63) is 41.7 Å². The van der Waals surface area contributed by atoms with E-state index in [-0.39, 0.29) is 0 Å². The fourth-order valence-electron chi connectivity index (χ4n) is 3.24. The highest BCUT2D eigenvalue weighted by Gasteiger charge is 2.24. The topological polar surface area (TPSA) is 50.7 Å². The molecule has 2 aliphatic rings. The Morgan fingerprint density at radius 2 is 1.71 bits per heavy atom. The predicted octanol–water partition coefficient (Wildman–Crippen LogP) is 2.40. The molecular formula is C18H22N4O2. The second-order valence-electron chi connectivity index (χ2n) is 6.37. The molecular weight excluding hydrogens is 304 g/mol. The largest absolute Gasteiger partial charge is 0.454 e. The van der Waals surface area contributed by atoms with Gasteiger partial charge in [-0.05, 0) is 37.1 Å². The van der Waals surface area contributed by atoms with E-state index in [1.165, 1.54) is 5.56 Å². The van der Waals surface area contributed by atoms with Crippen molar-refractivity contribution in [3.8, 4) is 11.5 Å². The highest BCUT2D eigenvalue weighted by atomic mass is 16.7. The summed E-state index contributed by atoms with van der Waals surface area (Å²) in [6.45, 7) is 8.45. The zero-order chi connectivity index (χ0) is 16.5. The van der Waals surface area contributed by atoms with Crippen molar-refractivity contribution in [2.75, 3.05) is 37.9 Å². The van der Waals surface area contributed by atoms with Crippen LogP contribution in [-0.4, -0.2) is 47.8 Å². The zero-order valence-corrected chi connectivity index (χ0v) is 14.1. The van der Waals surface area contributed by atoms with E-state index in [0.717, 1.165) is 49.2 Å². The molecule has 1 aromatic heterocycles.